The lowest BCUT2D eigenvalue weighted by Gasteiger charge is -2.21. The van der Waals surface area contributed by atoms with Crippen LogP contribution in [0.1, 0.15) is 47.4 Å². The number of carbonyl (C=O) groups is 1. The summed E-state index contributed by atoms with van der Waals surface area (Å²) in [7, 11) is 1.70. The van der Waals surface area contributed by atoms with E-state index in [0.717, 1.165) is 11.1 Å². The standard InChI is InChI=1S/C24H24N4O3/c1-15(2)28-18-14-27(3)26-21(18)22(29)19(24(28)31)23(30)25-20(16-10-6-4-7-11-16)17-12-8-5-9-13-17/h4-15,20,29H,1-3H3,(H,25,30). The summed E-state index contributed by atoms with van der Waals surface area (Å²) in [6, 6.07) is 18.3. The highest BCUT2D eigenvalue weighted by atomic mass is 16.3. The fourth-order valence-electron chi connectivity index (χ4n) is 3.84. The van der Waals surface area contributed by atoms with Crippen molar-refractivity contribution < 1.29 is 9.90 Å². The minimum Gasteiger partial charge on any atom is -0.505 e. The highest BCUT2D eigenvalue weighted by Crippen LogP contribution is 2.28. The van der Waals surface area contributed by atoms with Gasteiger partial charge in [-0.3, -0.25) is 14.3 Å². The lowest BCUT2D eigenvalue weighted by atomic mass is 9.98. The Morgan fingerprint density at radius 2 is 1.55 bits per heavy atom. The lowest BCUT2D eigenvalue weighted by Crippen LogP contribution is -2.36. The van der Waals surface area contributed by atoms with E-state index in [1.165, 1.54) is 9.25 Å². The number of nitrogens with one attached hydrogen (secondary N) is 1. The van der Waals surface area contributed by atoms with E-state index < -0.39 is 23.3 Å². The summed E-state index contributed by atoms with van der Waals surface area (Å²) in [6.45, 7) is 3.70. The van der Waals surface area contributed by atoms with E-state index in [2.05, 4.69) is 10.4 Å². The molecule has 7 heteroatoms. The average Bonchev–Trinajstić information content (AvgIpc) is 3.14. The summed E-state index contributed by atoms with van der Waals surface area (Å²) in [5.74, 6) is -1.06. The van der Waals surface area contributed by atoms with Gasteiger partial charge in [-0.25, -0.2) is 0 Å². The number of aromatic nitrogens is 3. The highest BCUT2D eigenvalue weighted by Gasteiger charge is 2.27. The number of nitrogens with zero attached hydrogens (tertiary/aromatic N) is 3. The van der Waals surface area contributed by atoms with Gasteiger partial charge in [0, 0.05) is 19.3 Å². The predicted octanol–water partition coefficient (Wildman–Crippen LogP) is 3.54. The van der Waals surface area contributed by atoms with Gasteiger partial charge in [0.1, 0.15) is 5.56 Å². The van der Waals surface area contributed by atoms with Crippen LogP contribution in [0.5, 0.6) is 5.75 Å². The molecule has 2 N–H and O–H groups in total. The van der Waals surface area contributed by atoms with Crippen LogP contribution >= 0.6 is 0 Å². The molecule has 0 unspecified atom stereocenters. The first-order valence-corrected chi connectivity index (χ1v) is 10.1. The van der Waals surface area contributed by atoms with Crippen molar-refractivity contribution in [3.63, 3.8) is 0 Å². The molecule has 0 saturated heterocycles. The van der Waals surface area contributed by atoms with Crippen LogP contribution in [0.3, 0.4) is 0 Å². The molecule has 2 aromatic heterocycles. The molecule has 0 atom stereocenters. The molecule has 7 nitrogen and oxygen atoms in total. The Kier molecular flexibility index (Phi) is 5.33. The molecule has 0 aliphatic rings. The third-order valence-electron chi connectivity index (χ3n) is 5.25. The van der Waals surface area contributed by atoms with Crippen LogP contribution in [0.25, 0.3) is 11.0 Å². The fourth-order valence-corrected chi connectivity index (χ4v) is 3.84. The van der Waals surface area contributed by atoms with Crippen molar-refractivity contribution in [2.75, 3.05) is 0 Å². The summed E-state index contributed by atoms with van der Waals surface area (Å²) >= 11 is 0. The van der Waals surface area contributed by atoms with Gasteiger partial charge in [0.25, 0.3) is 11.5 Å². The topological polar surface area (TPSA) is 89.2 Å². The van der Waals surface area contributed by atoms with Crippen molar-refractivity contribution in [1.82, 2.24) is 19.7 Å². The molecule has 4 rings (SSSR count). The molecule has 0 aliphatic carbocycles. The van der Waals surface area contributed by atoms with Crippen LogP contribution < -0.4 is 10.9 Å². The molecule has 31 heavy (non-hydrogen) atoms. The zero-order chi connectivity index (χ0) is 22.1. The quantitative estimate of drug-likeness (QED) is 0.521. The maximum absolute atomic E-state index is 13.3. The van der Waals surface area contributed by atoms with Crippen LogP contribution in [0.15, 0.2) is 71.7 Å². The maximum atomic E-state index is 13.3. The second kappa shape index (κ2) is 8.10. The van der Waals surface area contributed by atoms with Crippen molar-refractivity contribution in [2.24, 2.45) is 7.05 Å². The van der Waals surface area contributed by atoms with E-state index in [4.69, 9.17) is 0 Å². The first-order chi connectivity index (χ1) is 14.9. The Morgan fingerprint density at radius 1 is 1.00 bits per heavy atom. The van der Waals surface area contributed by atoms with Crippen molar-refractivity contribution in [2.45, 2.75) is 25.9 Å². The first kappa shape index (κ1) is 20.4. The van der Waals surface area contributed by atoms with Gasteiger partial charge in [-0.15, -0.1) is 0 Å². The van der Waals surface area contributed by atoms with Gasteiger partial charge in [-0.2, -0.15) is 5.10 Å². The third kappa shape index (κ3) is 3.70. The zero-order valence-electron chi connectivity index (χ0n) is 17.6. The summed E-state index contributed by atoms with van der Waals surface area (Å²) in [5, 5.41) is 18.0. The molecule has 2 heterocycles. The van der Waals surface area contributed by atoms with E-state index in [-0.39, 0.29) is 17.1 Å². The smallest absolute Gasteiger partial charge is 0.268 e. The molecule has 0 saturated carbocycles. The van der Waals surface area contributed by atoms with E-state index in [1.54, 1.807) is 13.2 Å². The highest BCUT2D eigenvalue weighted by molar-refractivity contribution is 6.01. The van der Waals surface area contributed by atoms with Gasteiger partial charge in [0.2, 0.25) is 0 Å². The fraction of sp³-hybridized carbons (Fsp3) is 0.208. The van der Waals surface area contributed by atoms with Gasteiger partial charge in [-0.05, 0) is 25.0 Å². The zero-order valence-corrected chi connectivity index (χ0v) is 17.6. The van der Waals surface area contributed by atoms with E-state index in [9.17, 15) is 14.7 Å². The third-order valence-corrected chi connectivity index (χ3v) is 5.25. The molecular weight excluding hydrogens is 392 g/mol. The van der Waals surface area contributed by atoms with Crippen molar-refractivity contribution in [3.05, 3.63) is 93.9 Å². The van der Waals surface area contributed by atoms with Gasteiger partial charge >= 0.3 is 0 Å². The lowest BCUT2D eigenvalue weighted by molar-refractivity contribution is 0.0938. The molecule has 4 aromatic rings. The number of aromatic hydroxyl groups is 1. The number of amides is 1. The Balaban J connectivity index is 1.84. The molecule has 2 aromatic carbocycles. The number of fused-ring (bicyclic) bond motifs is 1. The monoisotopic (exact) mass is 416 g/mol. The molecule has 0 spiro atoms. The van der Waals surface area contributed by atoms with Crippen LogP contribution in [-0.4, -0.2) is 25.4 Å². The van der Waals surface area contributed by atoms with Gasteiger partial charge in [0.05, 0.1) is 11.6 Å². The first-order valence-electron chi connectivity index (χ1n) is 10.1. The van der Waals surface area contributed by atoms with Crippen LogP contribution in [0, 0.1) is 0 Å². The normalized spacial score (nSPS) is 11.4. The molecule has 0 aliphatic heterocycles. The SMILES string of the molecule is CC(C)n1c(=O)c(C(=O)NC(c2ccccc2)c2ccccc2)c(O)c2nn(C)cc21. The molecular formula is C24H24N4O3. The van der Waals surface area contributed by atoms with Gasteiger partial charge in [-0.1, -0.05) is 60.7 Å². The number of aryl methyl sites for hydroxylation is 1. The van der Waals surface area contributed by atoms with Crippen LogP contribution in [0.2, 0.25) is 0 Å². The number of carbonyl (C=O) groups excluding carboxylic acids is 1. The Hall–Kier alpha value is -3.87. The Labute approximate surface area is 179 Å². The average molecular weight is 416 g/mol. The van der Waals surface area contributed by atoms with E-state index >= 15 is 0 Å². The maximum Gasteiger partial charge on any atom is 0.268 e. The van der Waals surface area contributed by atoms with Crippen molar-refractivity contribution in [1.29, 1.82) is 0 Å². The van der Waals surface area contributed by atoms with Gasteiger partial charge in [0.15, 0.2) is 11.3 Å². The molecule has 0 bridgehead atoms. The molecule has 158 valence electrons. The van der Waals surface area contributed by atoms with Gasteiger partial charge < -0.3 is 15.0 Å². The van der Waals surface area contributed by atoms with E-state index in [0.29, 0.717) is 5.52 Å². The molecule has 0 radical (unpaired) electrons. The number of hydrogen-bond acceptors (Lipinski definition) is 4. The minimum absolute atomic E-state index is 0.217. The van der Waals surface area contributed by atoms with E-state index in [1.807, 2.05) is 74.5 Å². The molecule has 1 amide bonds. The summed E-state index contributed by atoms with van der Waals surface area (Å²) < 4.78 is 3.00. The second-order valence-corrected chi connectivity index (χ2v) is 7.76. The number of pyridine rings is 1. The molecule has 0 fully saturated rings. The predicted molar refractivity (Wildman–Crippen MR) is 119 cm³/mol. The Bertz CT molecular complexity index is 1250. The van der Waals surface area contributed by atoms with Crippen molar-refractivity contribution >= 4 is 16.9 Å². The van der Waals surface area contributed by atoms with Crippen LogP contribution in [-0.2, 0) is 7.05 Å². The second-order valence-electron chi connectivity index (χ2n) is 7.76. The van der Waals surface area contributed by atoms with Crippen molar-refractivity contribution in [3.8, 4) is 5.75 Å². The van der Waals surface area contributed by atoms with Crippen LogP contribution in [0.4, 0.5) is 0 Å². The summed E-state index contributed by atoms with van der Waals surface area (Å²) in [5.41, 5.74) is 1.58. The number of hydrogen-bond donors (Lipinski definition) is 2. The Morgan fingerprint density at radius 3 is 2.06 bits per heavy atom. The number of benzene rings is 2. The summed E-state index contributed by atoms with van der Waals surface area (Å²) in [6.07, 6.45) is 1.66. The summed E-state index contributed by atoms with van der Waals surface area (Å²) in [4.78, 5) is 26.6. The number of rotatable bonds is 5. The largest absolute Gasteiger partial charge is 0.505 e. The minimum atomic E-state index is -0.651.